The maximum atomic E-state index is 11.7. The molecule has 1 aliphatic rings. The highest BCUT2D eigenvalue weighted by molar-refractivity contribution is 9.09. The smallest absolute Gasteiger partial charge is 0.407 e. The van der Waals surface area contributed by atoms with Crippen LogP contribution in [0.4, 0.5) is 4.79 Å². The van der Waals surface area contributed by atoms with Gasteiger partial charge >= 0.3 is 6.09 Å². The first-order valence-corrected chi connectivity index (χ1v) is 7.28. The number of hydrogen-bond donors (Lipinski definition) is 1. The number of carbonyl (C=O) groups excluding carboxylic acids is 1. The Hall–Kier alpha value is -1.03. The predicted octanol–water partition coefficient (Wildman–Crippen LogP) is 3.62. The predicted molar refractivity (Wildman–Crippen MR) is 74.7 cm³/mol. The molecule has 1 aliphatic carbocycles. The normalized spacial score (nSPS) is 23.4. The van der Waals surface area contributed by atoms with Gasteiger partial charge in [0.1, 0.15) is 6.61 Å². The Morgan fingerprint density at radius 3 is 2.72 bits per heavy atom. The Labute approximate surface area is 116 Å². The van der Waals surface area contributed by atoms with E-state index >= 15 is 0 Å². The van der Waals surface area contributed by atoms with Crippen LogP contribution in [0.25, 0.3) is 0 Å². The van der Waals surface area contributed by atoms with Gasteiger partial charge in [0.25, 0.3) is 0 Å². The van der Waals surface area contributed by atoms with Crippen molar-refractivity contribution in [2.45, 2.75) is 43.2 Å². The molecule has 0 heterocycles. The number of amides is 1. The van der Waals surface area contributed by atoms with Gasteiger partial charge in [-0.05, 0) is 18.4 Å². The highest BCUT2D eigenvalue weighted by atomic mass is 79.9. The third-order valence-electron chi connectivity index (χ3n) is 3.20. The molecule has 0 radical (unpaired) electrons. The van der Waals surface area contributed by atoms with Gasteiger partial charge in [0.15, 0.2) is 0 Å². The molecule has 1 saturated carbocycles. The van der Waals surface area contributed by atoms with Gasteiger partial charge in [0.05, 0.1) is 0 Å². The Morgan fingerprint density at radius 2 is 2.00 bits per heavy atom. The van der Waals surface area contributed by atoms with Gasteiger partial charge in [0.2, 0.25) is 0 Å². The molecule has 18 heavy (non-hydrogen) atoms. The van der Waals surface area contributed by atoms with Crippen molar-refractivity contribution in [2.75, 3.05) is 0 Å². The molecule has 0 spiro atoms. The van der Waals surface area contributed by atoms with Gasteiger partial charge in [-0.2, -0.15) is 0 Å². The van der Waals surface area contributed by atoms with Crippen molar-refractivity contribution < 1.29 is 9.53 Å². The Kier molecular flexibility index (Phi) is 5.05. The zero-order chi connectivity index (χ0) is 12.8. The Morgan fingerprint density at radius 1 is 1.28 bits per heavy atom. The molecule has 1 amide bonds. The van der Waals surface area contributed by atoms with E-state index < -0.39 is 0 Å². The third-order valence-corrected chi connectivity index (χ3v) is 4.29. The zero-order valence-electron chi connectivity index (χ0n) is 10.3. The summed E-state index contributed by atoms with van der Waals surface area (Å²) in [5.41, 5.74) is 1.01. The molecule has 4 heteroatoms. The summed E-state index contributed by atoms with van der Waals surface area (Å²) in [5.74, 6) is 0. The summed E-state index contributed by atoms with van der Waals surface area (Å²) in [6, 6.07) is 9.91. The number of rotatable bonds is 3. The maximum absolute atomic E-state index is 11.7. The lowest BCUT2D eigenvalue weighted by Gasteiger charge is -2.27. The van der Waals surface area contributed by atoms with E-state index in [2.05, 4.69) is 21.2 Å². The van der Waals surface area contributed by atoms with E-state index in [0.717, 1.165) is 18.4 Å². The molecule has 0 aromatic heterocycles. The summed E-state index contributed by atoms with van der Waals surface area (Å²) in [6.45, 7) is 0.326. The first kappa shape index (κ1) is 13.4. The zero-order valence-corrected chi connectivity index (χ0v) is 11.9. The molecule has 1 fully saturated rings. The van der Waals surface area contributed by atoms with Gasteiger partial charge in [-0.15, -0.1) is 0 Å². The van der Waals surface area contributed by atoms with Crippen LogP contribution >= 0.6 is 15.9 Å². The van der Waals surface area contributed by atoms with Crippen molar-refractivity contribution in [3.8, 4) is 0 Å². The Bertz CT molecular complexity index is 383. The van der Waals surface area contributed by atoms with Crippen LogP contribution in [-0.2, 0) is 11.3 Å². The molecular formula is C14H18BrNO2. The summed E-state index contributed by atoms with van der Waals surface area (Å²) in [6.07, 6.45) is 4.22. The van der Waals surface area contributed by atoms with Gasteiger partial charge in [-0.3, -0.25) is 0 Å². The minimum atomic E-state index is -0.324. The van der Waals surface area contributed by atoms with Crippen LogP contribution < -0.4 is 5.32 Å². The fraction of sp³-hybridized carbons (Fsp3) is 0.500. The van der Waals surface area contributed by atoms with Crippen LogP contribution in [0.2, 0.25) is 0 Å². The van der Waals surface area contributed by atoms with E-state index in [1.807, 2.05) is 30.3 Å². The lowest BCUT2D eigenvalue weighted by molar-refractivity contribution is 0.133. The van der Waals surface area contributed by atoms with Crippen LogP contribution in [-0.4, -0.2) is 17.0 Å². The fourth-order valence-electron chi connectivity index (χ4n) is 2.16. The van der Waals surface area contributed by atoms with E-state index in [9.17, 15) is 4.79 Å². The molecule has 0 saturated heterocycles. The molecular weight excluding hydrogens is 294 g/mol. The second-order valence-electron chi connectivity index (χ2n) is 4.61. The molecule has 1 aromatic rings. The number of alkyl carbamates (subject to hydrolysis) is 1. The van der Waals surface area contributed by atoms with Crippen LogP contribution in [0, 0.1) is 0 Å². The monoisotopic (exact) mass is 311 g/mol. The highest BCUT2D eigenvalue weighted by Gasteiger charge is 2.24. The van der Waals surface area contributed by atoms with E-state index in [1.165, 1.54) is 12.8 Å². The molecule has 2 atom stereocenters. The number of nitrogens with one attached hydrogen (secondary N) is 1. The highest BCUT2D eigenvalue weighted by Crippen LogP contribution is 2.24. The molecule has 1 aromatic carbocycles. The largest absolute Gasteiger partial charge is 0.445 e. The second kappa shape index (κ2) is 6.78. The fourth-order valence-corrected chi connectivity index (χ4v) is 2.88. The van der Waals surface area contributed by atoms with Gasteiger partial charge in [0, 0.05) is 10.9 Å². The number of halogens is 1. The molecule has 0 unspecified atom stereocenters. The Balaban J connectivity index is 1.75. The lowest BCUT2D eigenvalue weighted by Crippen LogP contribution is -2.42. The van der Waals surface area contributed by atoms with Crippen LogP contribution in [0.3, 0.4) is 0 Å². The number of carbonyl (C=O) groups is 1. The number of alkyl halides is 1. The third kappa shape index (κ3) is 4.02. The average molecular weight is 312 g/mol. The summed E-state index contributed by atoms with van der Waals surface area (Å²) in [4.78, 5) is 12.0. The van der Waals surface area contributed by atoms with Crippen molar-refractivity contribution in [1.29, 1.82) is 0 Å². The van der Waals surface area contributed by atoms with Crippen LogP contribution in [0.1, 0.15) is 31.2 Å². The van der Waals surface area contributed by atoms with E-state index in [0.29, 0.717) is 11.4 Å². The van der Waals surface area contributed by atoms with Gasteiger partial charge in [-0.1, -0.05) is 59.1 Å². The first-order chi connectivity index (χ1) is 8.75. The van der Waals surface area contributed by atoms with Crippen molar-refractivity contribution in [2.24, 2.45) is 0 Å². The maximum Gasteiger partial charge on any atom is 0.407 e. The number of ether oxygens (including phenoxy) is 1. The summed E-state index contributed by atoms with van der Waals surface area (Å²) in [7, 11) is 0. The molecule has 98 valence electrons. The van der Waals surface area contributed by atoms with Crippen LogP contribution in [0.15, 0.2) is 30.3 Å². The topological polar surface area (TPSA) is 38.3 Å². The minimum absolute atomic E-state index is 0.196. The lowest BCUT2D eigenvalue weighted by atomic mass is 9.95. The summed E-state index contributed by atoms with van der Waals surface area (Å²) in [5, 5.41) is 2.93. The number of benzene rings is 1. The molecule has 3 nitrogen and oxygen atoms in total. The molecule has 1 N–H and O–H groups in total. The van der Waals surface area contributed by atoms with Crippen molar-refractivity contribution >= 4 is 22.0 Å². The van der Waals surface area contributed by atoms with E-state index in [1.54, 1.807) is 0 Å². The SMILES string of the molecule is O=C(N[C@H]1CCCC[C@H]1Br)OCc1ccccc1. The van der Waals surface area contributed by atoms with Gasteiger partial charge < -0.3 is 10.1 Å². The van der Waals surface area contributed by atoms with Crippen molar-refractivity contribution in [1.82, 2.24) is 5.32 Å². The standard InChI is InChI=1S/C14H18BrNO2/c15-12-8-4-5-9-13(12)16-14(17)18-10-11-6-2-1-3-7-11/h1-3,6-7,12-13H,4-5,8-10H2,(H,16,17)/t12-,13+/m1/s1. The summed E-state index contributed by atoms with van der Waals surface area (Å²) >= 11 is 3.61. The van der Waals surface area contributed by atoms with Crippen molar-refractivity contribution in [3.05, 3.63) is 35.9 Å². The van der Waals surface area contributed by atoms with E-state index in [4.69, 9.17) is 4.74 Å². The van der Waals surface area contributed by atoms with Gasteiger partial charge in [-0.25, -0.2) is 4.79 Å². The van der Waals surface area contributed by atoms with Crippen LogP contribution in [0.5, 0.6) is 0 Å². The van der Waals surface area contributed by atoms with E-state index in [-0.39, 0.29) is 12.1 Å². The number of hydrogen-bond acceptors (Lipinski definition) is 2. The molecule has 0 bridgehead atoms. The average Bonchev–Trinajstić information content (AvgIpc) is 2.40. The summed E-state index contributed by atoms with van der Waals surface area (Å²) < 4.78 is 5.21. The molecule has 0 aliphatic heterocycles. The second-order valence-corrected chi connectivity index (χ2v) is 5.79. The molecule has 2 rings (SSSR count). The quantitative estimate of drug-likeness (QED) is 0.866. The van der Waals surface area contributed by atoms with Crippen molar-refractivity contribution in [3.63, 3.8) is 0 Å². The first-order valence-electron chi connectivity index (χ1n) is 6.37. The minimum Gasteiger partial charge on any atom is -0.445 e.